The lowest BCUT2D eigenvalue weighted by molar-refractivity contribution is -0.136. The first-order chi connectivity index (χ1) is 11.8. The highest BCUT2D eigenvalue weighted by molar-refractivity contribution is 5.77. The van der Waals surface area contributed by atoms with Gasteiger partial charge in [-0.1, -0.05) is 6.07 Å². The van der Waals surface area contributed by atoms with Crippen molar-refractivity contribution in [2.75, 3.05) is 32.1 Å². The van der Waals surface area contributed by atoms with Crippen molar-refractivity contribution in [3.05, 3.63) is 42.5 Å². The Morgan fingerprint density at radius 1 is 1.29 bits per heavy atom. The Labute approximate surface area is 141 Å². The van der Waals surface area contributed by atoms with Crippen LogP contribution in [0.15, 0.2) is 36.8 Å². The van der Waals surface area contributed by atoms with Crippen molar-refractivity contribution >= 4 is 17.5 Å². The predicted molar refractivity (Wildman–Crippen MR) is 90.0 cm³/mol. The van der Waals surface area contributed by atoms with E-state index in [1.807, 2.05) is 23.1 Å². The Bertz CT molecular complexity index is 662. The van der Waals surface area contributed by atoms with E-state index in [2.05, 4.69) is 20.3 Å². The number of ether oxygens (including phenoxy) is 1. The van der Waals surface area contributed by atoms with Gasteiger partial charge >= 0.3 is 0 Å². The van der Waals surface area contributed by atoms with Gasteiger partial charge in [0, 0.05) is 32.3 Å². The molecule has 1 saturated heterocycles. The van der Waals surface area contributed by atoms with Crippen LogP contribution in [0.4, 0.5) is 11.6 Å². The minimum atomic E-state index is 0.0311. The molecular weight excluding hydrogens is 306 g/mol. The minimum Gasteiger partial charge on any atom is -0.375 e. The van der Waals surface area contributed by atoms with E-state index in [4.69, 9.17) is 4.74 Å². The quantitative estimate of drug-likeness (QED) is 0.904. The monoisotopic (exact) mass is 327 g/mol. The number of anilines is 2. The van der Waals surface area contributed by atoms with Gasteiger partial charge in [0.1, 0.15) is 18.2 Å². The molecular formula is C17H21N5O2. The number of aromatic nitrogens is 3. The third-order valence-electron chi connectivity index (χ3n) is 4.05. The van der Waals surface area contributed by atoms with Crippen molar-refractivity contribution in [2.45, 2.75) is 18.8 Å². The van der Waals surface area contributed by atoms with E-state index in [-0.39, 0.29) is 18.4 Å². The molecule has 0 aliphatic carbocycles. The molecule has 0 unspecified atom stereocenters. The molecule has 0 bridgehead atoms. The highest BCUT2D eigenvalue weighted by atomic mass is 16.5. The number of amides is 1. The molecule has 0 aromatic carbocycles. The number of likely N-dealkylation sites (tertiary alicyclic amines) is 1. The molecule has 24 heavy (non-hydrogen) atoms. The summed E-state index contributed by atoms with van der Waals surface area (Å²) in [5.41, 5.74) is 0.913. The first-order valence-corrected chi connectivity index (χ1v) is 8.03. The molecule has 0 saturated carbocycles. The second-order valence-electron chi connectivity index (χ2n) is 5.78. The van der Waals surface area contributed by atoms with Crippen LogP contribution in [-0.2, 0) is 9.53 Å². The molecule has 7 nitrogen and oxygen atoms in total. The number of rotatable bonds is 5. The fourth-order valence-corrected chi connectivity index (χ4v) is 2.84. The number of hydrogen-bond acceptors (Lipinski definition) is 6. The van der Waals surface area contributed by atoms with Gasteiger partial charge in [0.05, 0.1) is 18.1 Å². The Morgan fingerprint density at radius 2 is 2.21 bits per heavy atom. The van der Waals surface area contributed by atoms with Gasteiger partial charge in [-0.3, -0.25) is 9.78 Å². The van der Waals surface area contributed by atoms with E-state index < -0.39 is 0 Å². The zero-order chi connectivity index (χ0) is 16.8. The number of hydrogen-bond donors (Lipinski definition) is 1. The van der Waals surface area contributed by atoms with Gasteiger partial charge in [0.2, 0.25) is 5.91 Å². The number of carbonyl (C=O) groups excluding carboxylic acids is 1. The van der Waals surface area contributed by atoms with Crippen LogP contribution in [-0.4, -0.2) is 52.6 Å². The SMILES string of the molecule is COCC(=O)N1CCC[C@@H](c2cnc(Nc3ccccn3)cn2)C1. The van der Waals surface area contributed by atoms with Crippen molar-refractivity contribution in [1.82, 2.24) is 19.9 Å². The van der Waals surface area contributed by atoms with Crippen molar-refractivity contribution in [3.63, 3.8) is 0 Å². The van der Waals surface area contributed by atoms with E-state index in [1.54, 1.807) is 18.6 Å². The van der Waals surface area contributed by atoms with Crippen LogP contribution in [0.5, 0.6) is 0 Å². The normalized spacial score (nSPS) is 17.5. The highest BCUT2D eigenvalue weighted by Crippen LogP contribution is 2.25. The first-order valence-electron chi connectivity index (χ1n) is 8.03. The summed E-state index contributed by atoms with van der Waals surface area (Å²) in [5, 5.41) is 3.11. The molecule has 1 fully saturated rings. The lowest BCUT2D eigenvalue weighted by Crippen LogP contribution is -2.41. The number of nitrogens with one attached hydrogen (secondary N) is 1. The average molecular weight is 327 g/mol. The van der Waals surface area contributed by atoms with Crippen LogP contribution in [0, 0.1) is 0 Å². The average Bonchev–Trinajstić information content (AvgIpc) is 2.63. The zero-order valence-electron chi connectivity index (χ0n) is 13.7. The van der Waals surface area contributed by atoms with Crippen LogP contribution < -0.4 is 5.32 Å². The zero-order valence-corrected chi connectivity index (χ0v) is 13.7. The van der Waals surface area contributed by atoms with Crippen LogP contribution in [0.25, 0.3) is 0 Å². The minimum absolute atomic E-state index is 0.0311. The van der Waals surface area contributed by atoms with Gasteiger partial charge in [0.15, 0.2) is 0 Å². The van der Waals surface area contributed by atoms with E-state index >= 15 is 0 Å². The third kappa shape index (κ3) is 4.05. The highest BCUT2D eigenvalue weighted by Gasteiger charge is 2.25. The molecule has 1 N–H and O–H groups in total. The number of carbonyl (C=O) groups is 1. The summed E-state index contributed by atoms with van der Waals surface area (Å²) in [4.78, 5) is 27.0. The second kappa shape index (κ2) is 7.83. The van der Waals surface area contributed by atoms with Crippen molar-refractivity contribution in [1.29, 1.82) is 0 Å². The van der Waals surface area contributed by atoms with E-state index in [0.717, 1.165) is 30.9 Å². The summed E-state index contributed by atoms with van der Waals surface area (Å²) >= 11 is 0. The van der Waals surface area contributed by atoms with Gasteiger partial charge in [-0.25, -0.2) is 9.97 Å². The predicted octanol–water partition coefficient (Wildman–Crippen LogP) is 1.97. The van der Waals surface area contributed by atoms with Crippen LogP contribution >= 0.6 is 0 Å². The van der Waals surface area contributed by atoms with Gasteiger partial charge < -0.3 is 15.0 Å². The molecule has 0 radical (unpaired) electrons. The Kier molecular flexibility index (Phi) is 5.32. The van der Waals surface area contributed by atoms with Crippen molar-refractivity contribution in [2.24, 2.45) is 0 Å². The molecule has 2 aromatic heterocycles. The van der Waals surface area contributed by atoms with E-state index in [9.17, 15) is 4.79 Å². The fraction of sp³-hybridized carbons (Fsp3) is 0.412. The molecule has 1 aliphatic heterocycles. The molecule has 7 heteroatoms. The number of piperidine rings is 1. The summed E-state index contributed by atoms with van der Waals surface area (Å²) in [6.07, 6.45) is 7.19. The summed E-state index contributed by atoms with van der Waals surface area (Å²) in [6.45, 7) is 1.58. The van der Waals surface area contributed by atoms with Gasteiger partial charge in [0.25, 0.3) is 0 Å². The number of pyridine rings is 1. The number of methoxy groups -OCH3 is 1. The maximum Gasteiger partial charge on any atom is 0.248 e. The Morgan fingerprint density at radius 3 is 2.92 bits per heavy atom. The lowest BCUT2D eigenvalue weighted by Gasteiger charge is -2.32. The maximum atomic E-state index is 12.0. The Hall–Kier alpha value is -2.54. The molecule has 3 heterocycles. The molecule has 1 aliphatic rings. The van der Waals surface area contributed by atoms with Crippen molar-refractivity contribution in [3.8, 4) is 0 Å². The van der Waals surface area contributed by atoms with Crippen LogP contribution in [0.3, 0.4) is 0 Å². The lowest BCUT2D eigenvalue weighted by atomic mass is 9.95. The summed E-state index contributed by atoms with van der Waals surface area (Å²) < 4.78 is 4.94. The molecule has 126 valence electrons. The molecule has 0 spiro atoms. The Balaban J connectivity index is 1.63. The summed E-state index contributed by atoms with van der Waals surface area (Å²) in [6, 6.07) is 5.64. The molecule has 3 rings (SSSR count). The number of nitrogens with zero attached hydrogens (tertiary/aromatic N) is 4. The van der Waals surface area contributed by atoms with E-state index in [0.29, 0.717) is 12.4 Å². The van der Waals surface area contributed by atoms with Crippen molar-refractivity contribution < 1.29 is 9.53 Å². The topological polar surface area (TPSA) is 80.2 Å². The van der Waals surface area contributed by atoms with Gasteiger partial charge in [-0.05, 0) is 25.0 Å². The summed E-state index contributed by atoms with van der Waals surface area (Å²) in [7, 11) is 1.54. The van der Waals surface area contributed by atoms with Gasteiger partial charge in [-0.2, -0.15) is 0 Å². The third-order valence-corrected chi connectivity index (χ3v) is 4.05. The molecule has 2 aromatic rings. The van der Waals surface area contributed by atoms with Crippen LogP contribution in [0.1, 0.15) is 24.5 Å². The fourth-order valence-electron chi connectivity index (χ4n) is 2.84. The standard InChI is InChI=1S/C17H21N5O2/c1-24-12-17(23)22-8-4-5-13(11-22)14-9-20-16(10-19-14)21-15-6-2-3-7-18-15/h2-3,6-7,9-10,13H,4-5,8,11-12H2,1H3,(H,18,20,21)/t13-/m1/s1. The van der Waals surface area contributed by atoms with E-state index in [1.165, 1.54) is 7.11 Å². The van der Waals surface area contributed by atoms with Crippen LogP contribution in [0.2, 0.25) is 0 Å². The summed E-state index contributed by atoms with van der Waals surface area (Å²) in [5.74, 6) is 1.63. The first kappa shape index (κ1) is 16.3. The van der Waals surface area contributed by atoms with Gasteiger partial charge in [-0.15, -0.1) is 0 Å². The second-order valence-corrected chi connectivity index (χ2v) is 5.78. The maximum absolute atomic E-state index is 12.0. The molecule has 1 atom stereocenters. The largest absolute Gasteiger partial charge is 0.375 e. The smallest absolute Gasteiger partial charge is 0.248 e. The molecule has 1 amide bonds.